The van der Waals surface area contributed by atoms with Gasteiger partial charge in [0.05, 0.1) is 0 Å². The van der Waals surface area contributed by atoms with Gasteiger partial charge >= 0.3 is 0 Å². The molecule has 4 saturated carbocycles. The summed E-state index contributed by atoms with van der Waals surface area (Å²) in [6.45, 7) is 0. The number of rotatable bonds is 4. The molecule has 0 atom stereocenters. The zero-order valence-corrected chi connectivity index (χ0v) is 14.5. The van der Waals surface area contributed by atoms with Gasteiger partial charge in [-0.1, -0.05) is 30.3 Å². The SMILES string of the molecule is O=C(/C=C/c1ccccc1)NNC(=O)CC12CC3CC(CC(C3)C1)C2. The summed E-state index contributed by atoms with van der Waals surface area (Å²) in [7, 11) is 0. The fourth-order valence-corrected chi connectivity index (χ4v) is 5.80. The molecule has 25 heavy (non-hydrogen) atoms. The second-order valence-corrected chi connectivity index (χ2v) is 8.38. The molecule has 132 valence electrons. The molecule has 5 rings (SSSR count). The molecule has 2 N–H and O–H groups in total. The van der Waals surface area contributed by atoms with Crippen molar-refractivity contribution in [3.05, 3.63) is 42.0 Å². The molecule has 4 aliphatic rings. The molecule has 4 heteroatoms. The minimum absolute atomic E-state index is 0.0524. The smallest absolute Gasteiger partial charge is 0.262 e. The molecule has 0 aromatic heterocycles. The van der Waals surface area contributed by atoms with Crippen LogP contribution in [0, 0.1) is 23.2 Å². The Bertz CT molecular complexity index is 645. The van der Waals surface area contributed by atoms with Gasteiger partial charge in [0.1, 0.15) is 0 Å². The van der Waals surface area contributed by atoms with Crippen LogP contribution >= 0.6 is 0 Å². The van der Waals surface area contributed by atoms with Gasteiger partial charge in [-0.2, -0.15) is 0 Å². The van der Waals surface area contributed by atoms with Crippen molar-refractivity contribution in [1.82, 2.24) is 10.9 Å². The van der Waals surface area contributed by atoms with Crippen LogP contribution in [0.5, 0.6) is 0 Å². The van der Waals surface area contributed by atoms with Crippen LogP contribution in [-0.4, -0.2) is 11.8 Å². The quantitative estimate of drug-likeness (QED) is 0.652. The molecule has 4 nitrogen and oxygen atoms in total. The number of carbonyl (C=O) groups excluding carboxylic acids is 2. The lowest BCUT2D eigenvalue weighted by Gasteiger charge is -2.56. The van der Waals surface area contributed by atoms with E-state index in [1.165, 1.54) is 44.6 Å². The van der Waals surface area contributed by atoms with E-state index in [0.717, 1.165) is 23.3 Å². The molecule has 0 aliphatic heterocycles. The molecule has 0 saturated heterocycles. The van der Waals surface area contributed by atoms with Crippen molar-refractivity contribution in [2.45, 2.75) is 44.9 Å². The predicted octanol–water partition coefficient (Wildman–Crippen LogP) is 3.45. The first-order valence-corrected chi connectivity index (χ1v) is 9.42. The fraction of sp³-hybridized carbons (Fsp3) is 0.524. The van der Waals surface area contributed by atoms with E-state index in [2.05, 4.69) is 10.9 Å². The maximum Gasteiger partial charge on any atom is 0.262 e. The summed E-state index contributed by atoms with van der Waals surface area (Å²) in [5, 5.41) is 0. The molecule has 0 unspecified atom stereocenters. The number of amides is 2. The van der Waals surface area contributed by atoms with Gasteiger partial charge in [-0.25, -0.2) is 0 Å². The third-order valence-corrected chi connectivity index (χ3v) is 6.25. The topological polar surface area (TPSA) is 58.2 Å². The van der Waals surface area contributed by atoms with Crippen LogP contribution in [0.15, 0.2) is 36.4 Å². The summed E-state index contributed by atoms with van der Waals surface area (Å²) in [4.78, 5) is 24.2. The Balaban J connectivity index is 1.27. The Kier molecular flexibility index (Phi) is 4.36. The zero-order chi connectivity index (χ0) is 17.3. The Morgan fingerprint density at radius 2 is 1.56 bits per heavy atom. The van der Waals surface area contributed by atoms with Gasteiger partial charge in [0.15, 0.2) is 0 Å². The summed E-state index contributed by atoms with van der Waals surface area (Å²) in [5.74, 6) is 2.15. The average Bonchev–Trinajstić information content (AvgIpc) is 2.57. The molecule has 1 aromatic rings. The van der Waals surface area contributed by atoms with Crippen molar-refractivity contribution in [3.8, 4) is 0 Å². The van der Waals surface area contributed by atoms with Crippen molar-refractivity contribution in [1.29, 1.82) is 0 Å². The molecule has 4 aliphatic carbocycles. The first-order chi connectivity index (χ1) is 12.1. The number of benzene rings is 1. The van der Waals surface area contributed by atoms with E-state index in [1.807, 2.05) is 30.3 Å². The third kappa shape index (κ3) is 3.78. The van der Waals surface area contributed by atoms with Crippen LogP contribution < -0.4 is 10.9 Å². The van der Waals surface area contributed by atoms with Gasteiger partial charge in [-0.3, -0.25) is 20.4 Å². The zero-order valence-electron chi connectivity index (χ0n) is 14.5. The maximum absolute atomic E-state index is 12.4. The number of hydrogen-bond donors (Lipinski definition) is 2. The number of carbonyl (C=O) groups is 2. The maximum atomic E-state index is 12.4. The van der Waals surface area contributed by atoms with Crippen LogP contribution in [0.1, 0.15) is 50.5 Å². The standard InChI is InChI=1S/C21H26N2O2/c24-19(7-6-15-4-2-1-3-5-15)22-23-20(25)14-21-11-16-8-17(12-21)10-18(9-16)13-21/h1-7,16-18H,8-14H2,(H,22,24)(H,23,25)/b7-6+. The average molecular weight is 338 g/mol. The first kappa shape index (κ1) is 16.4. The van der Waals surface area contributed by atoms with E-state index < -0.39 is 0 Å². The van der Waals surface area contributed by atoms with Crippen molar-refractivity contribution >= 4 is 17.9 Å². The number of hydrazine groups is 1. The van der Waals surface area contributed by atoms with Gasteiger partial charge in [-0.05, 0) is 73.3 Å². The second kappa shape index (κ2) is 6.66. The molecular weight excluding hydrogens is 312 g/mol. The van der Waals surface area contributed by atoms with Crippen molar-refractivity contribution in [2.75, 3.05) is 0 Å². The molecule has 0 heterocycles. The molecule has 4 bridgehead atoms. The largest absolute Gasteiger partial charge is 0.273 e. The van der Waals surface area contributed by atoms with E-state index in [0.29, 0.717) is 6.42 Å². The lowest BCUT2D eigenvalue weighted by molar-refractivity contribution is -0.133. The summed E-state index contributed by atoms with van der Waals surface area (Å²) in [6, 6.07) is 9.63. The normalized spacial score (nSPS) is 32.7. The Morgan fingerprint density at radius 1 is 0.960 bits per heavy atom. The third-order valence-electron chi connectivity index (χ3n) is 6.25. The summed E-state index contributed by atoms with van der Waals surface area (Å²) in [6.07, 6.45) is 11.5. The Labute approximate surface area is 149 Å². The highest BCUT2D eigenvalue weighted by molar-refractivity contribution is 5.93. The van der Waals surface area contributed by atoms with Gasteiger partial charge < -0.3 is 0 Å². The molecule has 0 radical (unpaired) electrons. The van der Waals surface area contributed by atoms with E-state index in [4.69, 9.17) is 0 Å². The van der Waals surface area contributed by atoms with Crippen LogP contribution in [0.25, 0.3) is 6.08 Å². The lowest BCUT2D eigenvalue weighted by atomic mass is 9.49. The van der Waals surface area contributed by atoms with Crippen molar-refractivity contribution < 1.29 is 9.59 Å². The monoisotopic (exact) mass is 338 g/mol. The molecule has 0 spiro atoms. The van der Waals surface area contributed by atoms with E-state index in [1.54, 1.807) is 6.08 Å². The van der Waals surface area contributed by atoms with Crippen molar-refractivity contribution in [3.63, 3.8) is 0 Å². The van der Waals surface area contributed by atoms with Crippen molar-refractivity contribution in [2.24, 2.45) is 23.2 Å². The number of hydrogen-bond acceptors (Lipinski definition) is 2. The number of nitrogens with one attached hydrogen (secondary N) is 2. The highest BCUT2D eigenvalue weighted by Gasteiger charge is 2.51. The predicted molar refractivity (Wildman–Crippen MR) is 97.0 cm³/mol. The lowest BCUT2D eigenvalue weighted by Crippen LogP contribution is -2.49. The van der Waals surface area contributed by atoms with Crippen LogP contribution in [-0.2, 0) is 9.59 Å². The van der Waals surface area contributed by atoms with Crippen LogP contribution in [0.2, 0.25) is 0 Å². The minimum atomic E-state index is -0.303. The highest BCUT2D eigenvalue weighted by Crippen LogP contribution is 2.61. The summed E-state index contributed by atoms with van der Waals surface area (Å²) >= 11 is 0. The second-order valence-electron chi connectivity index (χ2n) is 8.38. The van der Waals surface area contributed by atoms with E-state index >= 15 is 0 Å². The molecule has 4 fully saturated rings. The first-order valence-electron chi connectivity index (χ1n) is 9.42. The summed E-state index contributed by atoms with van der Waals surface area (Å²) < 4.78 is 0. The van der Waals surface area contributed by atoms with Crippen LogP contribution in [0.4, 0.5) is 0 Å². The van der Waals surface area contributed by atoms with Gasteiger partial charge in [0.25, 0.3) is 5.91 Å². The Hall–Kier alpha value is -2.10. The van der Waals surface area contributed by atoms with Crippen LogP contribution in [0.3, 0.4) is 0 Å². The highest BCUT2D eigenvalue weighted by atomic mass is 16.2. The Morgan fingerprint density at radius 3 is 2.16 bits per heavy atom. The van der Waals surface area contributed by atoms with E-state index in [-0.39, 0.29) is 17.2 Å². The molecule has 1 aromatic carbocycles. The molecular formula is C21H26N2O2. The summed E-state index contributed by atoms with van der Waals surface area (Å²) in [5.41, 5.74) is 6.27. The minimum Gasteiger partial charge on any atom is -0.273 e. The van der Waals surface area contributed by atoms with Gasteiger partial charge in [0, 0.05) is 12.5 Å². The fourth-order valence-electron chi connectivity index (χ4n) is 5.80. The van der Waals surface area contributed by atoms with Gasteiger partial charge in [0.2, 0.25) is 5.91 Å². The van der Waals surface area contributed by atoms with Gasteiger partial charge in [-0.15, -0.1) is 0 Å². The molecule has 2 amide bonds. The van der Waals surface area contributed by atoms with E-state index in [9.17, 15) is 9.59 Å².